The van der Waals surface area contributed by atoms with Crippen LogP contribution in [0.15, 0.2) is 76.3 Å². The number of pyridine rings is 1. The van der Waals surface area contributed by atoms with Gasteiger partial charge in [0.25, 0.3) is 10.0 Å². The van der Waals surface area contributed by atoms with Crippen LogP contribution in [0.4, 0.5) is 5.88 Å². The zero-order valence-corrected chi connectivity index (χ0v) is 24.0. The van der Waals surface area contributed by atoms with E-state index in [0.29, 0.717) is 35.3 Å². The van der Waals surface area contributed by atoms with Gasteiger partial charge in [0, 0.05) is 42.9 Å². The SMILES string of the molecule is Cc1noc(NS(=O)(=O)c2ccccc2-c2ccc(-c3ccccn3)cc2CN(C)C(=O)CC(C)(C)C)c1C. The normalized spacial score (nSPS) is 11.8. The predicted octanol–water partition coefficient (Wildman–Crippen LogP) is 6.22. The van der Waals surface area contributed by atoms with Crippen LogP contribution in [0.2, 0.25) is 0 Å². The van der Waals surface area contributed by atoms with E-state index in [4.69, 9.17) is 4.52 Å². The zero-order valence-electron chi connectivity index (χ0n) is 23.1. The van der Waals surface area contributed by atoms with Gasteiger partial charge in [0.15, 0.2) is 0 Å². The molecule has 2 aromatic carbocycles. The van der Waals surface area contributed by atoms with Crippen molar-refractivity contribution in [3.63, 3.8) is 0 Å². The monoisotopic (exact) mass is 546 g/mol. The summed E-state index contributed by atoms with van der Waals surface area (Å²) in [6, 6.07) is 18.2. The molecule has 0 aliphatic heterocycles. The number of aromatic nitrogens is 2. The van der Waals surface area contributed by atoms with E-state index in [2.05, 4.69) is 14.9 Å². The molecule has 39 heavy (non-hydrogen) atoms. The van der Waals surface area contributed by atoms with Crippen LogP contribution >= 0.6 is 0 Å². The van der Waals surface area contributed by atoms with Crippen molar-refractivity contribution in [3.8, 4) is 22.4 Å². The van der Waals surface area contributed by atoms with E-state index in [0.717, 1.165) is 16.8 Å². The molecule has 4 rings (SSSR count). The van der Waals surface area contributed by atoms with E-state index in [9.17, 15) is 13.2 Å². The van der Waals surface area contributed by atoms with Crippen LogP contribution < -0.4 is 4.72 Å². The Balaban J connectivity index is 1.80. The van der Waals surface area contributed by atoms with Crippen LogP contribution in [0.1, 0.15) is 44.0 Å². The van der Waals surface area contributed by atoms with Gasteiger partial charge in [-0.2, -0.15) is 0 Å². The molecule has 0 saturated carbocycles. The fraction of sp³-hybridized carbons (Fsp3) is 0.300. The molecule has 0 aliphatic rings. The first-order chi connectivity index (χ1) is 18.4. The van der Waals surface area contributed by atoms with Gasteiger partial charge in [-0.3, -0.25) is 9.78 Å². The first kappa shape index (κ1) is 28.0. The summed E-state index contributed by atoms with van der Waals surface area (Å²) < 4.78 is 34.9. The van der Waals surface area contributed by atoms with Crippen molar-refractivity contribution in [2.75, 3.05) is 11.8 Å². The predicted molar refractivity (Wildman–Crippen MR) is 152 cm³/mol. The van der Waals surface area contributed by atoms with Crippen molar-refractivity contribution < 1.29 is 17.7 Å². The Morgan fingerprint density at radius 2 is 1.72 bits per heavy atom. The molecule has 0 radical (unpaired) electrons. The highest BCUT2D eigenvalue weighted by Gasteiger charge is 2.25. The topological polar surface area (TPSA) is 105 Å². The molecular weight excluding hydrogens is 512 g/mol. The second kappa shape index (κ2) is 11.0. The molecule has 9 heteroatoms. The van der Waals surface area contributed by atoms with E-state index in [-0.39, 0.29) is 22.1 Å². The molecule has 0 saturated heterocycles. The Bertz CT molecular complexity index is 1590. The number of nitrogens with one attached hydrogen (secondary N) is 1. The molecule has 0 spiro atoms. The lowest BCUT2D eigenvalue weighted by molar-refractivity contribution is -0.132. The summed E-state index contributed by atoms with van der Waals surface area (Å²) in [5.74, 6) is 0.0935. The number of rotatable bonds is 8. The maximum absolute atomic E-state index is 13.6. The van der Waals surface area contributed by atoms with Crippen LogP contribution in [-0.4, -0.2) is 36.4 Å². The third-order valence-corrected chi connectivity index (χ3v) is 7.82. The minimum absolute atomic E-state index is 0.00965. The molecule has 1 N–H and O–H groups in total. The summed E-state index contributed by atoms with van der Waals surface area (Å²) in [5.41, 5.74) is 4.75. The fourth-order valence-electron chi connectivity index (χ4n) is 4.22. The molecule has 2 aromatic heterocycles. The number of carbonyl (C=O) groups is 1. The number of sulfonamides is 1. The number of aryl methyl sites for hydroxylation is 1. The van der Waals surface area contributed by atoms with Gasteiger partial charge in [-0.1, -0.05) is 62.3 Å². The molecule has 0 atom stereocenters. The zero-order chi connectivity index (χ0) is 28.4. The summed E-state index contributed by atoms with van der Waals surface area (Å²) in [6.45, 7) is 9.87. The van der Waals surface area contributed by atoms with Gasteiger partial charge in [0.05, 0.1) is 16.3 Å². The van der Waals surface area contributed by atoms with Crippen molar-refractivity contribution in [2.24, 2.45) is 5.41 Å². The van der Waals surface area contributed by atoms with Crippen molar-refractivity contribution in [1.29, 1.82) is 0 Å². The standard InChI is InChI=1S/C30H34N4O4S/c1-20-21(2)32-38-29(20)33-39(36,37)27-13-8-7-11-25(27)24-15-14-22(26-12-9-10-16-31-26)17-23(24)19-34(6)28(35)18-30(3,4)5/h7-17,33H,18-19H2,1-6H3. The Kier molecular flexibility index (Phi) is 7.92. The Labute approximate surface area is 230 Å². The molecule has 204 valence electrons. The highest BCUT2D eigenvalue weighted by atomic mass is 32.2. The summed E-state index contributed by atoms with van der Waals surface area (Å²) in [4.78, 5) is 19.3. The smallest absolute Gasteiger partial charge is 0.264 e. The van der Waals surface area contributed by atoms with Crippen LogP contribution in [-0.2, 0) is 21.4 Å². The number of benzene rings is 2. The van der Waals surface area contributed by atoms with Crippen molar-refractivity contribution >= 4 is 21.8 Å². The fourth-order valence-corrected chi connectivity index (χ4v) is 5.49. The van der Waals surface area contributed by atoms with Gasteiger partial charge in [0.2, 0.25) is 11.8 Å². The Morgan fingerprint density at radius 1 is 1.00 bits per heavy atom. The van der Waals surface area contributed by atoms with Gasteiger partial charge >= 0.3 is 0 Å². The van der Waals surface area contributed by atoms with Gasteiger partial charge < -0.3 is 9.42 Å². The van der Waals surface area contributed by atoms with Crippen LogP contribution in [0, 0.1) is 19.3 Å². The van der Waals surface area contributed by atoms with Gasteiger partial charge in [-0.25, -0.2) is 13.1 Å². The van der Waals surface area contributed by atoms with Crippen LogP contribution in [0.5, 0.6) is 0 Å². The maximum atomic E-state index is 13.6. The molecule has 2 heterocycles. The summed E-state index contributed by atoms with van der Waals surface area (Å²) >= 11 is 0. The number of hydrogen-bond donors (Lipinski definition) is 1. The lowest BCUT2D eigenvalue weighted by Gasteiger charge is -2.25. The van der Waals surface area contributed by atoms with E-state index in [1.54, 1.807) is 56.3 Å². The third-order valence-electron chi connectivity index (χ3n) is 6.43. The third kappa shape index (κ3) is 6.54. The minimum Gasteiger partial charge on any atom is -0.341 e. The van der Waals surface area contributed by atoms with E-state index >= 15 is 0 Å². The van der Waals surface area contributed by atoms with E-state index < -0.39 is 10.0 Å². The second-order valence-electron chi connectivity index (χ2n) is 10.9. The molecule has 4 aromatic rings. The Hall–Kier alpha value is -3.98. The highest BCUT2D eigenvalue weighted by molar-refractivity contribution is 7.92. The van der Waals surface area contributed by atoms with E-state index in [1.165, 1.54) is 0 Å². The average Bonchev–Trinajstić information content (AvgIpc) is 3.20. The number of nitrogens with zero attached hydrogens (tertiary/aromatic N) is 3. The van der Waals surface area contributed by atoms with Gasteiger partial charge in [-0.05, 0) is 54.7 Å². The average molecular weight is 547 g/mol. The van der Waals surface area contributed by atoms with Crippen molar-refractivity contribution in [3.05, 3.63) is 83.7 Å². The van der Waals surface area contributed by atoms with Crippen molar-refractivity contribution in [2.45, 2.75) is 52.5 Å². The van der Waals surface area contributed by atoms with Crippen molar-refractivity contribution in [1.82, 2.24) is 15.0 Å². The first-order valence-electron chi connectivity index (χ1n) is 12.7. The molecule has 0 unspecified atom stereocenters. The lowest BCUT2D eigenvalue weighted by Crippen LogP contribution is -2.29. The second-order valence-corrected chi connectivity index (χ2v) is 12.5. The quantitative estimate of drug-likeness (QED) is 0.281. The lowest BCUT2D eigenvalue weighted by atomic mass is 9.91. The van der Waals surface area contributed by atoms with E-state index in [1.807, 2.05) is 57.2 Å². The Morgan fingerprint density at radius 3 is 2.36 bits per heavy atom. The number of carbonyl (C=O) groups excluding carboxylic acids is 1. The number of anilines is 1. The van der Waals surface area contributed by atoms with Crippen LogP contribution in [0.3, 0.4) is 0 Å². The summed E-state index contributed by atoms with van der Waals surface area (Å²) in [7, 11) is -2.26. The van der Waals surface area contributed by atoms with Crippen LogP contribution in [0.25, 0.3) is 22.4 Å². The maximum Gasteiger partial charge on any atom is 0.264 e. The number of amides is 1. The first-order valence-corrected chi connectivity index (χ1v) is 14.2. The minimum atomic E-state index is -4.03. The molecule has 1 amide bonds. The molecule has 0 aliphatic carbocycles. The molecule has 0 bridgehead atoms. The summed E-state index contributed by atoms with van der Waals surface area (Å²) in [6.07, 6.45) is 2.12. The van der Waals surface area contributed by atoms with Gasteiger partial charge in [0.1, 0.15) is 0 Å². The molecule has 8 nitrogen and oxygen atoms in total. The molecular formula is C30H34N4O4S. The number of hydrogen-bond acceptors (Lipinski definition) is 6. The molecule has 0 fully saturated rings. The summed E-state index contributed by atoms with van der Waals surface area (Å²) in [5, 5.41) is 3.86. The largest absolute Gasteiger partial charge is 0.341 e. The van der Waals surface area contributed by atoms with Gasteiger partial charge in [-0.15, -0.1) is 0 Å². The highest BCUT2D eigenvalue weighted by Crippen LogP contribution is 2.35.